The van der Waals surface area contributed by atoms with Gasteiger partial charge in [0.2, 0.25) is 12.1 Å². The van der Waals surface area contributed by atoms with Crippen molar-refractivity contribution >= 4 is 0 Å². The number of rotatable bonds is 8. The molecule has 0 aromatic heterocycles. The molecular formula is C27H26F4O3. The van der Waals surface area contributed by atoms with Crippen LogP contribution in [0.1, 0.15) is 56.1 Å². The molecule has 180 valence electrons. The lowest BCUT2D eigenvalue weighted by Gasteiger charge is -2.27. The van der Waals surface area contributed by atoms with Gasteiger partial charge in [-0.1, -0.05) is 38.0 Å². The van der Waals surface area contributed by atoms with Crippen LogP contribution in [0.3, 0.4) is 0 Å². The van der Waals surface area contributed by atoms with Crippen LogP contribution < -0.4 is 9.47 Å². The van der Waals surface area contributed by atoms with Crippen LogP contribution in [-0.2, 0) is 17.8 Å². The molecular weight excluding hydrogens is 448 g/mol. The van der Waals surface area contributed by atoms with Gasteiger partial charge in [0, 0.05) is 11.1 Å². The fourth-order valence-corrected chi connectivity index (χ4v) is 4.01. The second kappa shape index (κ2) is 10.5. The summed E-state index contributed by atoms with van der Waals surface area (Å²) >= 11 is 0. The Hall–Kier alpha value is -3.06. The highest BCUT2D eigenvalue weighted by molar-refractivity contribution is 5.67. The minimum Gasteiger partial charge on any atom is -0.491 e. The molecule has 0 fully saturated rings. The Balaban J connectivity index is 1.55. The van der Waals surface area contributed by atoms with Gasteiger partial charge in [0.15, 0.2) is 23.2 Å². The summed E-state index contributed by atoms with van der Waals surface area (Å²) in [7, 11) is 0. The van der Waals surface area contributed by atoms with E-state index in [1.807, 2.05) is 0 Å². The van der Waals surface area contributed by atoms with Gasteiger partial charge in [-0.05, 0) is 55.2 Å². The molecule has 1 unspecified atom stereocenters. The summed E-state index contributed by atoms with van der Waals surface area (Å²) in [6.45, 7) is 3.96. The van der Waals surface area contributed by atoms with Crippen molar-refractivity contribution in [2.24, 2.45) is 0 Å². The van der Waals surface area contributed by atoms with Gasteiger partial charge in [0.25, 0.3) is 0 Å². The molecule has 1 atom stereocenters. The van der Waals surface area contributed by atoms with Crippen molar-refractivity contribution < 1.29 is 31.8 Å². The number of halogens is 4. The predicted molar refractivity (Wildman–Crippen MR) is 121 cm³/mol. The van der Waals surface area contributed by atoms with Crippen molar-refractivity contribution in [3.8, 4) is 22.6 Å². The largest absolute Gasteiger partial charge is 0.491 e. The van der Waals surface area contributed by atoms with Gasteiger partial charge in [0.1, 0.15) is 5.75 Å². The summed E-state index contributed by atoms with van der Waals surface area (Å²) in [6, 6.07) is 10.7. The number of unbranched alkanes of at least 4 members (excludes halogenated alkanes) is 2. The smallest absolute Gasteiger partial charge is 0.230 e. The molecule has 0 spiro atoms. The second-order valence-electron chi connectivity index (χ2n) is 8.15. The summed E-state index contributed by atoms with van der Waals surface area (Å²) in [5.41, 5.74) is 1.47. The van der Waals surface area contributed by atoms with E-state index in [9.17, 15) is 17.6 Å². The van der Waals surface area contributed by atoms with Gasteiger partial charge in [-0.25, -0.2) is 13.2 Å². The van der Waals surface area contributed by atoms with Crippen molar-refractivity contribution in [3.63, 3.8) is 0 Å². The first-order chi connectivity index (χ1) is 16.4. The Kier molecular flexibility index (Phi) is 7.41. The maximum Gasteiger partial charge on any atom is 0.230 e. The van der Waals surface area contributed by atoms with Gasteiger partial charge < -0.3 is 14.2 Å². The molecule has 7 heteroatoms. The zero-order chi connectivity index (χ0) is 24.2. The Labute approximate surface area is 196 Å². The van der Waals surface area contributed by atoms with Crippen LogP contribution in [0.15, 0.2) is 42.5 Å². The molecule has 34 heavy (non-hydrogen) atoms. The quantitative estimate of drug-likeness (QED) is 0.248. The van der Waals surface area contributed by atoms with E-state index in [2.05, 4.69) is 6.92 Å². The monoisotopic (exact) mass is 474 g/mol. The zero-order valence-corrected chi connectivity index (χ0v) is 19.1. The summed E-state index contributed by atoms with van der Waals surface area (Å²) in [4.78, 5) is 0. The van der Waals surface area contributed by atoms with E-state index in [-0.39, 0.29) is 30.1 Å². The summed E-state index contributed by atoms with van der Waals surface area (Å²) < 4.78 is 74.6. The highest BCUT2D eigenvalue weighted by atomic mass is 19.2. The summed E-state index contributed by atoms with van der Waals surface area (Å²) in [6.07, 6.45) is 2.11. The molecule has 3 aromatic rings. The first-order valence-electron chi connectivity index (χ1n) is 11.4. The van der Waals surface area contributed by atoms with E-state index < -0.39 is 29.6 Å². The fraction of sp³-hybridized carbons (Fsp3) is 0.333. The topological polar surface area (TPSA) is 27.7 Å². The molecule has 4 rings (SSSR count). The van der Waals surface area contributed by atoms with E-state index in [0.717, 1.165) is 19.3 Å². The molecule has 0 saturated heterocycles. The summed E-state index contributed by atoms with van der Waals surface area (Å²) in [5.74, 6) is -3.72. The van der Waals surface area contributed by atoms with Crippen molar-refractivity contribution in [1.82, 2.24) is 0 Å². The average molecular weight is 474 g/mol. The van der Waals surface area contributed by atoms with Gasteiger partial charge in [0.05, 0.1) is 18.8 Å². The Morgan fingerprint density at radius 1 is 0.882 bits per heavy atom. The van der Waals surface area contributed by atoms with E-state index in [0.29, 0.717) is 28.9 Å². The van der Waals surface area contributed by atoms with Crippen LogP contribution in [0.25, 0.3) is 11.1 Å². The second-order valence-corrected chi connectivity index (χ2v) is 8.15. The number of benzene rings is 3. The van der Waals surface area contributed by atoms with E-state index in [1.54, 1.807) is 37.3 Å². The zero-order valence-electron chi connectivity index (χ0n) is 19.1. The number of aryl methyl sites for hydroxylation is 1. The first kappa shape index (κ1) is 24.1. The van der Waals surface area contributed by atoms with Crippen LogP contribution >= 0.6 is 0 Å². The number of hydrogen-bond acceptors (Lipinski definition) is 3. The number of ether oxygens (including phenoxy) is 3. The Bertz CT molecular complexity index is 1180. The highest BCUT2D eigenvalue weighted by Gasteiger charge is 2.28. The lowest BCUT2D eigenvalue weighted by Crippen LogP contribution is -2.19. The normalized spacial score (nSPS) is 15.1. The van der Waals surface area contributed by atoms with Crippen molar-refractivity contribution in [1.29, 1.82) is 0 Å². The number of hydrogen-bond donors (Lipinski definition) is 0. The van der Waals surface area contributed by atoms with Gasteiger partial charge in [-0.15, -0.1) is 0 Å². The van der Waals surface area contributed by atoms with Crippen molar-refractivity contribution in [2.45, 2.75) is 52.4 Å². The molecule has 3 aromatic carbocycles. The van der Waals surface area contributed by atoms with Crippen LogP contribution in [0.2, 0.25) is 0 Å². The van der Waals surface area contributed by atoms with Gasteiger partial charge >= 0.3 is 0 Å². The van der Waals surface area contributed by atoms with Crippen LogP contribution in [0, 0.1) is 23.3 Å². The molecule has 1 heterocycles. The van der Waals surface area contributed by atoms with Crippen molar-refractivity contribution in [2.75, 3.05) is 6.61 Å². The molecule has 1 aliphatic heterocycles. The summed E-state index contributed by atoms with van der Waals surface area (Å²) in [5, 5.41) is 0. The van der Waals surface area contributed by atoms with Crippen molar-refractivity contribution in [3.05, 3.63) is 82.4 Å². The van der Waals surface area contributed by atoms with E-state index in [1.165, 1.54) is 12.1 Å². The minimum absolute atomic E-state index is 0.0291. The molecule has 3 nitrogen and oxygen atoms in total. The third-order valence-electron chi connectivity index (χ3n) is 5.84. The minimum atomic E-state index is -1.15. The van der Waals surface area contributed by atoms with Crippen LogP contribution in [-0.4, -0.2) is 6.61 Å². The van der Waals surface area contributed by atoms with E-state index >= 15 is 0 Å². The first-order valence-corrected chi connectivity index (χ1v) is 11.4. The third kappa shape index (κ3) is 4.75. The lowest BCUT2D eigenvalue weighted by molar-refractivity contribution is -0.113. The third-order valence-corrected chi connectivity index (χ3v) is 5.84. The Morgan fingerprint density at radius 2 is 1.71 bits per heavy atom. The van der Waals surface area contributed by atoms with E-state index in [4.69, 9.17) is 14.2 Å². The molecule has 0 bridgehead atoms. The maximum absolute atomic E-state index is 14.8. The standard InChI is InChI=1S/C27H26F4O3/c1-3-5-6-7-16-8-10-19(24(29)23(16)28)17-9-12-21-18(14-17)15-33-27(34-21)20-11-13-22(32-4-2)26(31)25(20)30/h8-14,27H,3-7,15H2,1-2H3. The predicted octanol–water partition coefficient (Wildman–Crippen LogP) is 7.65. The molecule has 0 radical (unpaired) electrons. The maximum atomic E-state index is 14.8. The van der Waals surface area contributed by atoms with Gasteiger partial charge in [-0.2, -0.15) is 4.39 Å². The molecule has 0 N–H and O–H groups in total. The van der Waals surface area contributed by atoms with Crippen LogP contribution in [0.4, 0.5) is 17.6 Å². The SMILES string of the molecule is CCCCCc1ccc(-c2ccc3c(c2)COC(c2ccc(OCC)c(F)c2F)O3)c(F)c1F. The molecule has 0 saturated carbocycles. The highest BCUT2D eigenvalue weighted by Crippen LogP contribution is 2.38. The fourth-order valence-electron chi connectivity index (χ4n) is 4.01. The molecule has 0 aliphatic carbocycles. The molecule has 1 aliphatic rings. The lowest BCUT2D eigenvalue weighted by atomic mass is 9.98. The van der Waals surface area contributed by atoms with Crippen LogP contribution in [0.5, 0.6) is 11.5 Å². The number of fused-ring (bicyclic) bond motifs is 1. The van der Waals surface area contributed by atoms with Gasteiger partial charge in [-0.3, -0.25) is 0 Å². The molecule has 0 amide bonds. The average Bonchev–Trinajstić information content (AvgIpc) is 2.84. The Morgan fingerprint density at radius 3 is 2.47 bits per heavy atom.